The Balaban J connectivity index is 1.55. The van der Waals surface area contributed by atoms with Gasteiger partial charge in [-0.25, -0.2) is 14.8 Å². The average molecular weight is 534 g/mol. The predicted octanol–water partition coefficient (Wildman–Crippen LogP) is 6.63. The van der Waals surface area contributed by atoms with E-state index in [9.17, 15) is 9.59 Å². The van der Waals surface area contributed by atoms with Crippen LogP contribution in [0.1, 0.15) is 76.0 Å². The van der Waals surface area contributed by atoms with Gasteiger partial charge in [-0.15, -0.1) is 0 Å². The molecule has 36 heavy (non-hydrogen) atoms. The van der Waals surface area contributed by atoms with Crippen molar-refractivity contribution in [2.45, 2.75) is 78.4 Å². The lowest BCUT2D eigenvalue weighted by atomic mass is 9.74. The van der Waals surface area contributed by atoms with E-state index in [0.29, 0.717) is 38.5 Å². The summed E-state index contributed by atoms with van der Waals surface area (Å²) in [6, 6.07) is 5.44. The highest BCUT2D eigenvalue weighted by Gasteiger charge is 2.46. The number of anilines is 1. The van der Waals surface area contributed by atoms with Gasteiger partial charge in [0.15, 0.2) is 11.6 Å². The molecule has 1 aromatic carbocycles. The molecule has 9 heteroatoms. The number of Topliss-reactive ketones (excluding diaryl/α,β-unsaturated/α-hetero) is 1. The Morgan fingerprint density at radius 3 is 2.47 bits per heavy atom. The molecule has 0 unspecified atom stereocenters. The molecular formula is C27H34Cl2N4O3. The van der Waals surface area contributed by atoms with E-state index in [1.807, 2.05) is 33.8 Å². The van der Waals surface area contributed by atoms with Gasteiger partial charge in [0.2, 0.25) is 0 Å². The number of ether oxygens (including phenoxy) is 1. The second-order valence-electron chi connectivity index (χ2n) is 10.9. The Morgan fingerprint density at radius 1 is 1.14 bits per heavy atom. The Bertz CT molecular complexity index is 1170. The van der Waals surface area contributed by atoms with Crippen LogP contribution in [0, 0.1) is 12.3 Å². The van der Waals surface area contributed by atoms with Crippen LogP contribution >= 0.6 is 23.2 Å². The minimum atomic E-state index is -0.527. The van der Waals surface area contributed by atoms with Crippen LogP contribution in [0.15, 0.2) is 18.2 Å². The summed E-state index contributed by atoms with van der Waals surface area (Å²) in [6.45, 7) is 10.5. The topological polar surface area (TPSA) is 84.4 Å². The smallest absolute Gasteiger partial charge is 0.407 e. The molecule has 194 valence electrons. The fraction of sp³-hybridized carbons (Fsp3) is 0.556. The predicted molar refractivity (Wildman–Crippen MR) is 143 cm³/mol. The van der Waals surface area contributed by atoms with Crippen LogP contribution in [-0.4, -0.2) is 46.6 Å². The van der Waals surface area contributed by atoms with Gasteiger partial charge in [-0.1, -0.05) is 41.8 Å². The van der Waals surface area contributed by atoms with Gasteiger partial charge < -0.3 is 15.0 Å². The highest BCUT2D eigenvalue weighted by Crippen LogP contribution is 2.47. The van der Waals surface area contributed by atoms with Crippen LogP contribution < -0.4 is 10.2 Å². The third kappa shape index (κ3) is 5.47. The molecule has 2 fully saturated rings. The van der Waals surface area contributed by atoms with Crippen LogP contribution in [0.2, 0.25) is 10.0 Å². The number of hydrogen-bond acceptors (Lipinski definition) is 6. The second kappa shape index (κ2) is 10.2. The number of hydrogen-bond donors (Lipinski definition) is 1. The maximum atomic E-state index is 12.6. The lowest BCUT2D eigenvalue weighted by molar-refractivity contribution is 0.0442. The first kappa shape index (κ1) is 26.7. The van der Waals surface area contributed by atoms with E-state index in [1.165, 1.54) is 6.92 Å². The van der Waals surface area contributed by atoms with Crippen LogP contribution in [-0.2, 0) is 4.74 Å². The molecular weight excluding hydrogens is 499 g/mol. The number of carbonyl (C=O) groups excluding carboxylic acids is 2. The molecule has 2 aromatic rings. The Labute approximate surface area is 222 Å². The van der Waals surface area contributed by atoms with E-state index in [0.717, 1.165) is 45.2 Å². The number of rotatable bonds is 4. The van der Waals surface area contributed by atoms with E-state index in [2.05, 4.69) is 10.2 Å². The van der Waals surface area contributed by atoms with Gasteiger partial charge in [-0.3, -0.25) is 4.79 Å². The number of halogens is 2. The minimum absolute atomic E-state index is 0.0283. The maximum Gasteiger partial charge on any atom is 0.407 e. The molecule has 1 aromatic heterocycles. The van der Waals surface area contributed by atoms with E-state index in [4.69, 9.17) is 37.9 Å². The molecule has 2 aliphatic rings. The van der Waals surface area contributed by atoms with Crippen molar-refractivity contribution in [3.05, 3.63) is 39.6 Å². The van der Waals surface area contributed by atoms with Crippen molar-refractivity contribution >= 4 is 40.9 Å². The quantitative estimate of drug-likeness (QED) is 0.445. The number of benzene rings is 1. The number of nitrogens with one attached hydrogen (secondary N) is 1. The fourth-order valence-electron chi connectivity index (χ4n) is 5.48. The van der Waals surface area contributed by atoms with Gasteiger partial charge in [-0.05, 0) is 64.9 Å². The largest absolute Gasteiger partial charge is 0.444 e. The molecule has 1 saturated heterocycles. The van der Waals surface area contributed by atoms with Gasteiger partial charge in [0.1, 0.15) is 11.3 Å². The van der Waals surface area contributed by atoms with Crippen molar-refractivity contribution in [2.75, 3.05) is 18.0 Å². The number of amides is 1. The Morgan fingerprint density at radius 2 is 1.83 bits per heavy atom. The van der Waals surface area contributed by atoms with Crippen LogP contribution in [0.4, 0.5) is 10.6 Å². The molecule has 4 rings (SSSR count). The summed E-state index contributed by atoms with van der Waals surface area (Å²) in [5.41, 5.74) is 1.73. The summed E-state index contributed by atoms with van der Waals surface area (Å²) in [7, 11) is 0. The summed E-state index contributed by atoms with van der Waals surface area (Å²) < 4.78 is 5.51. The third-order valence-electron chi connectivity index (χ3n) is 7.25. The van der Waals surface area contributed by atoms with E-state index in [1.54, 1.807) is 12.1 Å². The van der Waals surface area contributed by atoms with Gasteiger partial charge in [0, 0.05) is 31.6 Å². The zero-order chi connectivity index (χ0) is 26.3. The van der Waals surface area contributed by atoms with E-state index in [-0.39, 0.29) is 23.3 Å². The van der Waals surface area contributed by atoms with Crippen molar-refractivity contribution in [1.82, 2.24) is 15.3 Å². The Hall–Kier alpha value is -2.38. The molecule has 1 spiro atoms. The van der Waals surface area contributed by atoms with Crippen LogP contribution in [0.25, 0.3) is 11.3 Å². The number of alkyl carbamates (subject to hydrolysis) is 1. The lowest BCUT2D eigenvalue weighted by Gasteiger charge is -2.44. The highest BCUT2D eigenvalue weighted by atomic mass is 35.5. The molecule has 2 heterocycles. The molecule has 1 saturated carbocycles. The van der Waals surface area contributed by atoms with Crippen LogP contribution in [0.5, 0.6) is 0 Å². The summed E-state index contributed by atoms with van der Waals surface area (Å²) in [6.07, 6.45) is 4.53. The standard InChI is InChI=1S/C27H34Cl2N4O3/c1-16-22(18-8-6-9-19(28)21(18)29)32-23(17(2)34)24(30-16)33-14-12-27(13-15-33)11-7-10-20(27)31-25(35)36-26(3,4)5/h6,8-9,20H,7,10-15H2,1-5H3,(H,31,35)/t20-/m1/s1. The average Bonchev–Trinajstić information content (AvgIpc) is 3.16. The number of nitrogens with zero attached hydrogens (tertiary/aromatic N) is 3. The van der Waals surface area contributed by atoms with Gasteiger partial charge >= 0.3 is 6.09 Å². The summed E-state index contributed by atoms with van der Waals surface area (Å²) in [5, 5.41) is 3.96. The molecule has 0 radical (unpaired) electrons. The SMILES string of the molecule is CC(=O)c1nc(-c2cccc(Cl)c2Cl)c(C)nc1N1CCC2(CCC[C@H]2NC(=O)OC(C)(C)C)CC1. The Kier molecular flexibility index (Phi) is 7.54. The fourth-order valence-corrected chi connectivity index (χ4v) is 5.87. The van der Waals surface area contributed by atoms with Crippen molar-refractivity contribution in [2.24, 2.45) is 5.41 Å². The van der Waals surface area contributed by atoms with Crippen LogP contribution in [0.3, 0.4) is 0 Å². The zero-order valence-corrected chi connectivity index (χ0v) is 23.1. The van der Waals surface area contributed by atoms with Crippen molar-refractivity contribution in [1.29, 1.82) is 0 Å². The van der Waals surface area contributed by atoms with Crippen molar-refractivity contribution < 1.29 is 14.3 Å². The van der Waals surface area contributed by atoms with Crippen molar-refractivity contribution in [3.63, 3.8) is 0 Å². The number of aryl methyl sites for hydroxylation is 1. The monoisotopic (exact) mass is 532 g/mol. The molecule has 1 amide bonds. The summed E-state index contributed by atoms with van der Waals surface area (Å²) in [5.74, 6) is 0.453. The first-order valence-corrected chi connectivity index (χ1v) is 13.2. The number of aromatic nitrogens is 2. The highest BCUT2D eigenvalue weighted by molar-refractivity contribution is 6.43. The normalized spacial score (nSPS) is 19.4. The molecule has 1 aliphatic heterocycles. The second-order valence-corrected chi connectivity index (χ2v) is 11.7. The first-order valence-electron chi connectivity index (χ1n) is 12.5. The van der Waals surface area contributed by atoms with E-state index >= 15 is 0 Å². The molecule has 1 aliphatic carbocycles. The number of carbonyl (C=O) groups is 2. The minimum Gasteiger partial charge on any atom is -0.444 e. The number of piperidine rings is 1. The third-order valence-corrected chi connectivity index (χ3v) is 8.07. The summed E-state index contributed by atoms with van der Waals surface area (Å²) >= 11 is 12.7. The maximum absolute atomic E-state index is 12.6. The molecule has 0 bridgehead atoms. The zero-order valence-electron chi connectivity index (χ0n) is 21.6. The first-order chi connectivity index (χ1) is 16.9. The van der Waals surface area contributed by atoms with Gasteiger partial charge in [0.05, 0.1) is 21.4 Å². The van der Waals surface area contributed by atoms with Crippen molar-refractivity contribution in [3.8, 4) is 11.3 Å². The van der Waals surface area contributed by atoms with Gasteiger partial charge in [0.25, 0.3) is 0 Å². The molecule has 7 nitrogen and oxygen atoms in total. The lowest BCUT2D eigenvalue weighted by Crippen LogP contribution is -2.51. The number of ketones is 1. The van der Waals surface area contributed by atoms with Gasteiger partial charge in [-0.2, -0.15) is 0 Å². The summed E-state index contributed by atoms with van der Waals surface area (Å²) in [4.78, 5) is 36.8. The van der Waals surface area contributed by atoms with E-state index < -0.39 is 5.60 Å². The molecule has 1 N–H and O–H groups in total. The molecule has 1 atom stereocenters.